The Hall–Kier alpha value is -2.85. The number of likely N-dealkylation sites (tertiary alicyclic amines) is 1. The Kier molecular flexibility index (Phi) is 5.35. The van der Waals surface area contributed by atoms with Gasteiger partial charge >= 0.3 is 6.09 Å². The molecule has 4 rings (SSSR count). The lowest BCUT2D eigenvalue weighted by Crippen LogP contribution is -3.11. The van der Waals surface area contributed by atoms with Gasteiger partial charge in [0.05, 0.1) is 19.6 Å². The summed E-state index contributed by atoms with van der Waals surface area (Å²) in [5.41, 5.74) is 1.30. The van der Waals surface area contributed by atoms with E-state index in [1.165, 1.54) is 34.1 Å². The first-order valence-corrected chi connectivity index (χ1v) is 9.64. The summed E-state index contributed by atoms with van der Waals surface area (Å²) in [4.78, 5) is 13.8. The molecule has 0 aliphatic carbocycles. The lowest BCUT2D eigenvalue weighted by Gasteiger charge is -2.26. The maximum atomic E-state index is 12.3. The topological polar surface area (TPSA) is 42.8 Å². The molecule has 3 aromatic rings. The van der Waals surface area contributed by atoms with Crippen molar-refractivity contribution in [1.29, 1.82) is 0 Å². The van der Waals surface area contributed by atoms with Gasteiger partial charge in [-0.2, -0.15) is 0 Å². The largest absolute Gasteiger partial charge is 0.412 e. The van der Waals surface area contributed by atoms with Crippen LogP contribution in [-0.2, 0) is 0 Å². The monoisotopic (exact) mass is 361 g/mol. The molecule has 1 fully saturated rings. The molecular formula is C23H25N2O2+. The summed E-state index contributed by atoms with van der Waals surface area (Å²) < 4.78 is 5.39. The van der Waals surface area contributed by atoms with Crippen molar-refractivity contribution in [1.82, 2.24) is 5.32 Å². The number of amides is 1. The summed E-state index contributed by atoms with van der Waals surface area (Å²) in [6.45, 7) is 2.85. The minimum absolute atomic E-state index is 0.224. The van der Waals surface area contributed by atoms with Crippen LogP contribution in [0, 0.1) is 0 Å². The van der Waals surface area contributed by atoms with E-state index in [2.05, 4.69) is 47.8 Å². The molecule has 0 spiro atoms. The van der Waals surface area contributed by atoms with E-state index in [1.54, 1.807) is 12.1 Å². The third-order valence-electron chi connectivity index (χ3n) is 5.34. The minimum atomic E-state index is -0.398. The van der Waals surface area contributed by atoms with Crippen molar-refractivity contribution in [2.24, 2.45) is 0 Å². The highest BCUT2D eigenvalue weighted by Gasteiger charge is 2.29. The van der Waals surface area contributed by atoms with E-state index >= 15 is 0 Å². The molecule has 0 saturated carbocycles. The second-order valence-corrected chi connectivity index (χ2v) is 7.07. The van der Waals surface area contributed by atoms with Gasteiger partial charge < -0.3 is 15.0 Å². The number of carbonyl (C=O) groups excluding carboxylic acids is 1. The molecule has 0 bridgehead atoms. The molecule has 138 valence electrons. The Morgan fingerprint density at radius 1 is 0.926 bits per heavy atom. The molecule has 1 amide bonds. The van der Waals surface area contributed by atoms with Crippen molar-refractivity contribution in [3.8, 4) is 5.75 Å². The number of nitrogens with one attached hydrogen (secondary N) is 2. The lowest BCUT2D eigenvalue weighted by molar-refractivity contribution is -0.918. The van der Waals surface area contributed by atoms with Crippen molar-refractivity contribution < 1.29 is 14.4 Å². The van der Waals surface area contributed by atoms with Gasteiger partial charge in [-0.3, -0.25) is 0 Å². The van der Waals surface area contributed by atoms with Gasteiger partial charge in [-0.1, -0.05) is 60.7 Å². The maximum absolute atomic E-state index is 12.3. The number of carbonyl (C=O) groups is 1. The molecule has 1 aliphatic heterocycles. The van der Waals surface area contributed by atoms with Crippen LogP contribution in [0.25, 0.3) is 10.8 Å². The number of rotatable bonds is 5. The molecule has 4 heteroatoms. The number of quaternary nitrogens is 1. The molecule has 0 aromatic heterocycles. The first-order valence-electron chi connectivity index (χ1n) is 9.64. The third kappa shape index (κ3) is 4.12. The zero-order valence-electron chi connectivity index (χ0n) is 15.4. The molecule has 27 heavy (non-hydrogen) atoms. The molecule has 2 N–H and O–H groups in total. The van der Waals surface area contributed by atoms with Gasteiger partial charge in [-0.05, 0) is 22.9 Å². The van der Waals surface area contributed by atoms with E-state index in [4.69, 9.17) is 4.74 Å². The van der Waals surface area contributed by atoms with Crippen LogP contribution in [0.4, 0.5) is 4.79 Å². The Bertz CT molecular complexity index is 899. The second-order valence-electron chi connectivity index (χ2n) is 7.07. The van der Waals surface area contributed by atoms with Crippen LogP contribution in [0.3, 0.4) is 0 Å². The van der Waals surface area contributed by atoms with E-state index in [1.807, 2.05) is 18.2 Å². The summed E-state index contributed by atoms with van der Waals surface area (Å²) in [7, 11) is 0. The SMILES string of the molecule is O=C(NC[C@H](c1cccc2ccccc12)[NH+]1CCCC1)Oc1ccccc1. The maximum Gasteiger partial charge on any atom is 0.412 e. The number of ether oxygens (including phenoxy) is 1. The number of hydrogen-bond donors (Lipinski definition) is 2. The zero-order chi connectivity index (χ0) is 18.5. The van der Waals surface area contributed by atoms with Crippen molar-refractivity contribution >= 4 is 16.9 Å². The van der Waals surface area contributed by atoms with E-state index in [0.29, 0.717) is 12.3 Å². The van der Waals surface area contributed by atoms with Gasteiger partial charge in [-0.25, -0.2) is 4.79 Å². The van der Waals surface area contributed by atoms with Gasteiger partial charge in [0.1, 0.15) is 11.8 Å². The number of hydrogen-bond acceptors (Lipinski definition) is 2. The van der Waals surface area contributed by atoms with Crippen molar-refractivity contribution in [2.45, 2.75) is 18.9 Å². The first kappa shape index (κ1) is 17.6. The molecule has 1 aliphatic rings. The van der Waals surface area contributed by atoms with Crippen LogP contribution >= 0.6 is 0 Å². The van der Waals surface area contributed by atoms with E-state index < -0.39 is 6.09 Å². The quantitative estimate of drug-likeness (QED) is 0.732. The molecule has 4 nitrogen and oxygen atoms in total. The summed E-state index contributed by atoms with van der Waals surface area (Å²) in [5.74, 6) is 0.560. The van der Waals surface area contributed by atoms with E-state index in [-0.39, 0.29) is 6.04 Å². The average molecular weight is 361 g/mol. The summed E-state index contributed by atoms with van der Waals surface area (Å²) in [6.07, 6.45) is 2.08. The predicted molar refractivity (Wildman–Crippen MR) is 107 cm³/mol. The number of fused-ring (bicyclic) bond motifs is 1. The highest BCUT2D eigenvalue weighted by Crippen LogP contribution is 2.23. The fourth-order valence-corrected chi connectivity index (χ4v) is 4.02. The first-order chi connectivity index (χ1) is 13.3. The molecule has 1 heterocycles. The molecule has 0 radical (unpaired) electrons. The van der Waals surface area contributed by atoms with Crippen LogP contribution in [0.1, 0.15) is 24.4 Å². The Labute approximate surface area is 159 Å². The average Bonchev–Trinajstić information content (AvgIpc) is 3.23. The van der Waals surface area contributed by atoms with Gasteiger partial charge in [0.2, 0.25) is 0 Å². The van der Waals surface area contributed by atoms with E-state index in [0.717, 1.165) is 13.1 Å². The van der Waals surface area contributed by atoms with Crippen LogP contribution in [0.15, 0.2) is 72.8 Å². The van der Waals surface area contributed by atoms with Crippen LogP contribution in [-0.4, -0.2) is 25.7 Å². The van der Waals surface area contributed by atoms with Crippen molar-refractivity contribution in [3.05, 3.63) is 78.4 Å². The molecule has 1 atom stereocenters. The van der Waals surface area contributed by atoms with Gasteiger partial charge in [0, 0.05) is 18.4 Å². The molecule has 3 aromatic carbocycles. The summed E-state index contributed by atoms with van der Waals surface area (Å²) >= 11 is 0. The summed E-state index contributed by atoms with van der Waals surface area (Å²) in [6, 6.07) is 24.3. The molecule has 0 unspecified atom stereocenters. The van der Waals surface area contributed by atoms with E-state index in [9.17, 15) is 4.79 Å². The fraction of sp³-hybridized carbons (Fsp3) is 0.261. The standard InChI is InChI=1S/C23H24N2O2/c26-23(27-19-11-2-1-3-12-19)24-17-22(25-15-6-7-16-25)21-14-8-10-18-9-4-5-13-20(18)21/h1-5,8-14,22H,6-7,15-17H2,(H,24,26)/p+1/t22-/m1/s1. The molecular weight excluding hydrogens is 336 g/mol. The smallest absolute Gasteiger partial charge is 0.410 e. The van der Waals surface area contributed by atoms with Crippen molar-refractivity contribution in [2.75, 3.05) is 19.6 Å². The normalized spacial score (nSPS) is 15.6. The summed E-state index contributed by atoms with van der Waals surface area (Å²) in [5, 5.41) is 5.50. The van der Waals surface area contributed by atoms with Crippen LogP contribution in [0.2, 0.25) is 0 Å². The van der Waals surface area contributed by atoms with Crippen LogP contribution < -0.4 is 15.0 Å². The second kappa shape index (κ2) is 8.23. The highest BCUT2D eigenvalue weighted by atomic mass is 16.6. The third-order valence-corrected chi connectivity index (χ3v) is 5.34. The van der Waals surface area contributed by atoms with Gasteiger partial charge in [0.15, 0.2) is 0 Å². The predicted octanol–water partition coefficient (Wildman–Crippen LogP) is 3.35. The van der Waals surface area contributed by atoms with Crippen LogP contribution in [0.5, 0.6) is 5.75 Å². The fourth-order valence-electron chi connectivity index (χ4n) is 4.02. The van der Waals surface area contributed by atoms with Gasteiger partial charge in [-0.15, -0.1) is 0 Å². The molecule has 1 saturated heterocycles. The Morgan fingerprint density at radius 2 is 1.63 bits per heavy atom. The highest BCUT2D eigenvalue weighted by molar-refractivity contribution is 5.86. The van der Waals surface area contributed by atoms with Crippen molar-refractivity contribution in [3.63, 3.8) is 0 Å². The zero-order valence-corrected chi connectivity index (χ0v) is 15.4. The number of benzene rings is 3. The Balaban J connectivity index is 1.54. The lowest BCUT2D eigenvalue weighted by atomic mass is 9.97. The number of para-hydroxylation sites is 1. The van der Waals surface area contributed by atoms with Gasteiger partial charge in [0.25, 0.3) is 0 Å². The minimum Gasteiger partial charge on any atom is -0.410 e. The Morgan fingerprint density at radius 3 is 2.44 bits per heavy atom.